The zero-order valence-electron chi connectivity index (χ0n) is 27.9. The maximum atomic E-state index is 6.63. The maximum absolute atomic E-state index is 6.63. The van der Waals surface area contributed by atoms with Gasteiger partial charge in [-0.1, -0.05) is 91.0 Å². The van der Waals surface area contributed by atoms with Gasteiger partial charge in [-0.25, -0.2) is 0 Å². The van der Waals surface area contributed by atoms with Crippen molar-refractivity contribution in [3.05, 3.63) is 170 Å². The van der Waals surface area contributed by atoms with Crippen LogP contribution < -0.4 is 0 Å². The lowest BCUT2D eigenvalue weighted by atomic mass is 10.00. The molecule has 12 aromatic rings. The van der Waals surface area contributed by atoms with Crippen LogP contribution in [-0.4, -0.2) is 9.13 Å². The summed E-state index contributed by atoms with van der Waals surface area (Å²) in [6.07, 6.45) is 0. The van der Waals surface area contributed by atoms with Crippen LogP contribution in [0.25, 0.3) is 108 Å². The molecule has 0 aliphatic heterocycles. The lowest BCUT2D eigenvalue weighted by Crippen LogP contribution is -1.93. The minimum Gasteiger partial charge on any atom is -0.454 e. The third-order valence-corrected chi connectivity index (χ3v) is 12.0. The molecular formula is C48H28N2OS. The summed E-state index contributed by atoms with van der Waals surface area (Å²) in [7, 11) is 0. The minimum atomic E-state index is 0.909. The average molecular weight is 681 g/mol. The molecule has 0 radical (unpaired) electrons. The highest BCUT2D eigenvalue weighted by Crippen LogP contribution is 2.44. The van der Waals surface area contributed by atoms with Crippen molar-refractivity contribution in [2.24, 2.45) is 0 Å². The lowest BCUT2D eigenvalue weighted by molar-refractivity contribution is 0.671. The Morgan fingerprint density at radius 1 is 0.365 bits per heavy atom. The highest BCUT2D eigenvalue weighted by Gasteiger charge is 2.21. The second-order valence-corrected chi connectivity index (χ2v) is 14.8. The van der Waals surface area contributed by atoms with Crippen LogP contribution in [0.5, 0.6) is 0 Å². The van der Waals surface area contributed by atoms with Crippen molar-refractivity contribution >= 4 is 97.1 Å². The van der Waals surface area contributed by atoms with Gasteiger partial charge in [-0.2, -0.15) is 0 Å². The second-order valence-electron chi connectivity index (χ2n) is 13.7. The molecule has 0 saturated heterocycles. The number of hydrogen-bond acceptors (Lipinski definition) is 2. The Hall–Kier alpha value is -6.62. The molecule has 0 saturated carbocycles. The summed E-state index contributed by atoms with van der Waals surface area (Å²) in [6.45, 7) is 0. The molecule has 8 aromatic carbocycles. The first-order valence-corrected chi connectivity index (χ1v) is 18.5. The standard InChI is InChI=1S/C48H28N2OS/c1-3-11-31(12-4-1)49-41-23-19-30(26-38(41)39-27-40-34-16-8-10-18-45(34)52-46(40)28-43(39)49)29-20-24-42-37(25-29)35-21-22-36-33-15-7-9-17-44(33)51-48(36)47(35)50(42)32-13-5-2-6-14-32/h1-28H. The van der Waals surface area contributed by atoms with Gasteiger partial charge in [-0.05, 0) is 90.0 Å². The Morgan fingerprint density at radius 2 is 0.962 bits per heavy atom. The summed E-state index contributed by atoms with van der Waals surface area (Å²) in [5.41, 5.74) is 11.2. The Morgan fingerprint density at radius 3 is 1.73 bits per heavy atom. The normalized spacial score (nSPS) is 12.2. The Balaban J connectivity index is 1.13. The van der Waals surface area contributed by atoms with Gasteiger partial charge in [0.25, 0.3) is 0 Å². The topological polar surface area (TPSA) is 23.0 Å². The number of thiophene rings is 1. The molecule has 0 aliphatic rings. The van der Waals surface area contributed by atoms with Gasteiger partial charge in [-0.3, -0.25) is 0 Å². The van der Waals surface area contributed by atoms with Gasteiger partial charge in [0, 0.05) is 63.9 Å². The van der Waals surface area contributed by atoms with E-state index in [0.29, 0.717) is 0 Å². The molecule has 0 spiro atoms. The van der Waals surface area contributed by atoms with Gasteiger partial charge >= 0.3 is 0 Å². The van der Waals surface area contributed by atoms with Crippen LogP contribution in [0.4, 0.5) is 0 Å². The fraction of sp³-hybridized carbons (Fsp3) is 0. The zero-order valence-corrected chi connectivity index (χ0v) is 28.7. The number of rotatable bonds is 3. The van der Waals surface area contributed by atoms with Gasteiger partial charge in [0.2, 0.25) is 0 Å². The largest absolute Gasteiger partial charge is 0.454 e. The predicted octanol–water partition coefficient (Wildman–Crippen LogP) is 13.8. The van der Waals surface area contributed by atoms with Crippen molar-refractivity contribution < 1.29 is 4.42 Å². The van der Waals surface area contributed by atoms with Crippen LogP contribution in [0.15, 0.2) is 174 Å². The van der Waals surface area contributed by atoms with E-state index in [1.54, 1.807) is 0 Å². The quantitative estimate of drug-likeness (QED) is 0.182. The van der Waals surface area contributed by atoms with E-state index in [1.807, 2.05) is 17.4 Å². The molecule has 242 valence electrons. The van der Waals surface area contributed by atoms with E-state index in [0.717, 1.165) is 38.7 Å². The van der Waals surface area contributed by atoms with E-state index in [1.165, 1.54) is 69.6 Å². The summed E-state index contributed by atoms with van der Waals surface area (Å²) >= 11 is 1.87. The maximum Gasteiger partial charge on any atom is 0.160 e. The molecule has 12 rings (SSSR count). The minimum absolute atomic E-state index is 0.909. The molecule has 4 heterocycles. The number of fused-ring (bicyclic) bond motifs is 13. The molecule has 4 heteroatoms. The third-order valence-electron chi connectivity index (χ3n) is 10.9. The molecule has 0 unspecified atom stereocenters. The van der Waals surface area contributed by atoms with Crippen LogP contribution >= 0.6 is 11.3 Å². The van der Waals surface area contributed by atoms with Gasteiger partial charge in [-0.15, -0.1) is 11.3 Å². The first kappa shape index (κ1) is 28.1. The zero-order chi connectivity index (χ0) is 33.9. The Kier molecular flexibility index (Phi) is 5.65. The fourth-order valence-corrected chi connectivity index (χ4v) is 9.70. The van der Waals surface area contributed by atoms with E-state index < -0.39 is 0 Å². The third kappa shape index (κ3) is 3.84. The van der Waals surface area contributed by atoms with Crippen molar-refractivity contribution in [2.45, 2.75) is 0 Å². The fourth-order valence-electron chi connectivity index (χ4n) is 8.58. The summed E-state index contributed by atoms with van der Waals surface area (Å²) in [4.78, 5) is 0. The first-order valence-electron chi connectivity index (χ1n) is 17.7. The van der Waals surface area contributed by atoms with Crippen molar-refractivity contribution in [3.63, 3.8) is 0 Å². The van der Waals surface area contributed by atoms with E-state index in [2.05, 4.69) is 173 Å². The number of nitrogens with zero attached hydrogens (tertiary/aromatic N) is 2. The highest BCUT2D eigenvalue weighted by molar-refractivity contribution is 7.25. The van der Waals surface area contributed by atoms with E-state index in [4.69, 9.17) is 4.42 Å². The monoisotopic (exact) mass is 680 g/mol. The van der Waals surface area contributed by atoms with Gasteiger partial charge in [0.05, 0.1) is 22.1 Å². The van der Waals surface area contributed by atoms with Crippen LogP contribution in [0, 0.1) is 0 Å². The van der Waals surface area contributed by atoms with Gasteiger partial charge in [0.15, 0.2) is 5.58 Å². The Labute approximate surface area is 301 Å². The van der Waals surface area contributed by atoms with Crippen LogP contribution in [0.2, 0.25) is 0 Å². The molecule has 0 atom stereocenters. The van der Waals surface area contributed by atoms with Crippen molar-refractivity contribution in [2.75, 3.05) is 0 Å². The van der Waals surface area contributed by atoms with Gasteiger partial charge < -0.3 is 13.6 Å². The summed E-state index contributed by atoms with van der Waals surface area (Å²) < 4.78 is 14.1. The molecule has 3 nitrogen and oxygen atoms in total. The predicted molar refractivity (Wildman–Crippen MR) is 221 cm³/mol. The molecule has 0 fully saturated rings. The summed E-state index contributed by atoms with van der Waals surface area (Å²) in [5, 5.41) is 9.82. The first-order chi connectivity index (χ1) is 25.8. The second kappa shape index (κ2) is 10.5. The highest BCUT2D eigenvalue weighted by atomic mass is 32.1. The van der Waals surface area contributed by atoms with Crippen LogP contribution in [0.1, 0.15) is 0 Å². The lowest BCUT2D eigenvalue weighted by Gasteiger charge is -2.09. The number of furan rings is 1. The van der Waals surface area contributed by atoms with Gasteiger partial charge in [0.1, 0.15) is 5.58 Å². The molecule has 0 amide bonds. The summed E-state index contributed by atoms with van der Waals surface area (Å²) in [6, 6.07) is 61.7. The molecular weight excluding hydrogens is 653 g/mol. The smallest absolute Gasteiger partial charge is 0.160 e. The van der Waals surface area contributed by atoms with Crippen LogP contribution in [0.3, 0.4) is 0 Å². The van der Waals surface area contributed by atoms with E-state index in [-0.39, 0.29) is 0 Å². The molecule has 52 heavy (non-hydrogen) atoms. The number of aromatic nitrogens is 2. The van der Waals surface area contributed by atoms with Crippen molar-refractivity contribution in [1.82, 2.24) is 9.13 Å². The van der Waals surface area contributed by atoms with E-state index >= 15 is 0 Å². The number of benzene rings is 8. The number of para-hydroxylation sites is 3. The summed E-state index contributed by atoms with van der Waals surface area (Å²) in [5.74, 6) is 0. The van der Waals surface area contributed by atoms with E-state index in [9.17, 15) is 0 Å². The Bertz CT molecular complexity index is 3400. The number of hydrogen-bond donors (Lipinski definition) is 0. The van der Waals surface area contributed by atoms with Crippen LogP contribution in [-0.2, 0) is 0 Å². The van der Waals surface area contributed by atoms with Crippen molar-refractivity contribution in [1.29, 1.82) is 0 Å². The molecule has 0 N–H and O–H groups in total. The molecule has 0 aliphatic carbocycles. The SMILES string of the molecule is c1ccc(-n2c3ccc(-c4ccc5c(c4)c4ccc6c7ccccc7oc6c4n5-c4ccccc4)cc3c3cc4c(cc32)sc2ccccc24)cc1. The van der Waals surface area contributed by atoms with Crippen molar-refractivity contribution in [3.8, 4) is 22.5 Å². The molecule has 4 aromatic heterocycles. The molecule has 0 bridgehead atoms. The average Bonchev–Trinajstić information content (AvgIpc) is 3.94.